The maximum Gasteiger partial charge on any atom is 0.0965 e. The lowest BCUT2D eigenvalue weighted by Gasteiger charge is -2.17. The van der Waals surface area contributed by atoms with Crippen molar-refractivity contribution < 1.29 is 0 Å². The summed E-state index contributed by atoms with van der Waals surface area (Å²) < 4.78 is 1.90. The zero-order chi connectivity index (χ0) is 14.6. The van der Waals surface area contributed by atoms with E-state index in [1.807, 2.05) is 17.1 Å². The molecule has 2 aromatic heterocycles. The summed E-state index contributed by atoms with van der Waals surface area (Å²) in [6, 6.07) is 0. The molecular formula is C14H24N6. The number of H-pyrrole nitrogens is 1. The molecule has 0 amide bonds. The third-order valence-corrected chi connectivity index (χ3v) is 3.27. The first-order valence-corrected chi connectivity index (χ1v) is 7.08. The molecule has 6 nitrogen and oxygen atoms in total. The van der Waals surface area contributed by atoms with E-state index in [1.165, 1.54) is 5.56 Å². The molecule has 2 rings (SSSR count). The van der Waals surface area contributed by atoms with E-state index in [2.05, 4.69) is 53.5 Å². The van der Waals surface area contributed by atoms with E-state index >= 15 is 0 Å². The molecule has 0 saturated heterocycles. The Kier molecular flexibility index (Phi) is 4.54. The second-order valence-corrected chi connectivity index (χ2v) is 6.13. The summed E-state index contributed by atoms with van der Waals surface area (Å²) in [7, 11) is 0. The summed E-state index contributed by atoms with van der Waals surface area (Å²) in [5.74, 6) is 0. The van der Waals surface area contributed by atoms with Gasteiger partial charge in [0.25, 0.3) is 0 Å². The van der Waals surface area contributed by atoms with Crippen molar-refractivity contribution in [2.75, 3.05) is 6.54 Å². The van der Waals surface area contributed by atoms with E-state index < -0.39 is 0 Å². The summed E-state index contributed by atoms with van der Waals surface area (Å²) in [5.41, 5.74) is 3.44. The van der Waals surface area contributed by atoms with Gasteiger partial charge in [0, 0.05) is 12.2 Å². The molecule has 2 N–H and O–H groups in total. The summed E-state index contributed by atoms with van der Waals surface area (Å²) in [6.45, 7) is 10.1. The lowest BCUT2D eigenvalue weighted by Crippen LogP contribution is -2.22. The maximum absolute atomic E-state index is 4.18. The predicted molar refractivity (Wildman–Crippen MR) is 78.4 cm³/mol. The molecule has 110 valence electrons. The van der Waals surface area contributed by atoms with E-state index in [9.17, 15) is 0 Å². The molecule has 0 fully saturated rings. The summed E-state index contributed by atoms with van der Waals surface area (Å²) in [5, 5.41) is 18.7. The Balaban J connectivity index is 1.69. The van der Waals surface area contributed by atoms with Gasteiger partial charge in [0.2, 0.25) is 0 Å². The molecular weight excluding hydrogens is 252 g/mol. The Morgan fingerprint density at radius 2 is 2.15 bits per heavy atom. The Morgan fingerprint density at radius 3 is 2.75 bits per heavy atom. The molecule has 2 aromatic rings. The quantitative estimate of drug-likeness (QED) is 0.789. The van der Waals surface area contributed by atoms with Crippen LogP contribution in [-0.4, -0.2) is 31.7 Å². The van der Waals surface area contributed by atoms with Gasteiger partial charge in [-0.1, -0.05) is 5.21 Å². The van der Waals surface area contributed by atoms with Crippen LogP contribution in [0.3, 0.4) is 0 Å². The van der Waals surface area contributed by atoms with Crippen LogP contribution in [0.25, 0.3) is 0 Å². The molecule has 0 aliphatic heterocycles. The first-order chi connectivity index (χ1) is 9.47. The second-order valence-electron chi connectivity index (χ2n) is 6.13. The van der Waals surface area contributed by atoms with Crippen molar-refractivity contribution in [1.29, 1.82) is 0 Å². The summed E-state index contributed by atoms with van der Waals surface area (Å²) >= 11 is 0. The largest absolute Gasteiger partial charge is 0.311 e. The minimum Gasteiger partial charge on any atom is -0.311 e. The number of nitrogens with one attached hydrogen (secondary N) is 2. The topological polar surface area (TPSA) is 71.4 Å². The number of aromatic nitrogens is 5. The number of nitrogens with zero attached hydrogens (tertiary/aromatic N) is 4. The lowest BCUT2D eigenvalue weighted by molar-refractivity contribution is 0.347. The van der Waals surface area contributed by atoms with E-state index in [-0.39, 0.29) is 5.54 Å². The molecule has 0 unspecified atom stereocenters. The van der Waals surface area contributed by atoms with Crippen LogP contribution in [0.5, 0.6) is 0 Å². The smallest absolute Gasteiger partial charge is 0.0965 e. The minimum absolute atomic E-state index is 0.00986. The molecule has 0 saturated carbocycles. The zero-order valence-corrected chi connectivity index (χ0v) is 12.8. The van der Waals surface area contributed by atoms with Gasteiger partial charge >= 0.3 is 0 Å². The first-order valence-electron chi connectivity index (χ1n) is 7.08. The monoisotopic (exact) mass is 276 g/mol. The Hall–Kier alpha value is -1.69. The van der Waals surface area contributed by atoms with Crippen LogP contribution in [-0.2, 0) is 18.5 Å². The molecule has 6 heteroatoms. The number of aryl methyl sites for hydroxylation is 2. The Labute approximate surface area is 120 Å². The molecule has 0 radical (unpaired) electrons. The average Bonchev–Trinajstić information content (AvgIpc) is 2.98. The van der Waals surface area contributed by atoms with Crippen molar-refractivity contribution in [2.45, 2.75) is 52.6 Å². The van der Waals surface area contributed by atoms with E-state index in [0.29, 0.717) is 0 Å². The third-order valence-electron chi connectivity index (χ3n) is 3.27. The number of hydrogen-bond acceptors (Lipinski definition) is 4. The molecule has 0 aromatic carbocycles. The van der Waals surface area contributed by atoms with E-state index in [0.717, 1.165) is 37.3 Å². The van der Waals surface area contributed by atoms with E-state index in [1.54, 1.807) is 0 Å². The standard InChI is InChI=1S/C14H24N6/c1-11-12(8-16-17-11)6-5-7-15-9-13-10-20(19-18-13)14(2,3)4/h8,10,15H,5-7,9H2,1-4H3,(H,16,17). The lowest BCUT2D eigenvalue weighted by atomic mass is 10.1. The van der Waals surface area contributed by atoms with Gasteiger partial charge in [-0.15, -0.1) is 5.10 Å². The van der Waals surface area contributed by atoms with Gasteiger partial charge in [-0.25, -0.2) is 4.68 Å². The molecule has 0 aliphatic rings. The van der Waals surface area contributed by atoms with Gasteiger partial charge in [0.1, 0.15) is 0 Å². The third kappa shape index (κ3) is 3.90. The fourth-order valence-electron chi connectivity index (χ4n) is 1.96. The van der Waals surface area contributed by atoms with Crippen molar-refractivity contribution >= 4 is 0 Å². The van der Waals surface area contributed by atoms with Crippen molar-refractivity contribution in [2.24, 2.45) is 0 Å². The normalized spacial score (nSPS) is 12.0. The summed E-state index contributed by atoms with van der Waals surface area (Å²) in [6.07, 6.45) is 6.05. The SMILES string of the molecule is Cc1[nH]ncc1CCCNCc1cn(C(C)(C)C)nn1. The second kappa shape index (κ2) is 6.17. The maximum atomic E-state index is 4.18. The molecule has 20 heavy (non-hydrogen) atoms. The number of hydrogen-bond donors (Lipinski definition) is 2. The van der Waals surface area contributed by atoms with Crippen molar-refractivity contribution in [3.63, 3.8) is 0 Å². The van der Waals surface area contributed by atoms with Gasteiger partial charge in [0.15, 0.2) is 0 Å². The van der Waals surface area contributed by atoms with Crippen LogP contribution in [0, 0.1) is 6.92 Å². The molecule has 0 atom stereocenters. The highest BCUT2D eigenvalue weighted by Crippen LogP contribution is 2.11. The van der Waals surface area contributed by atoms with Crippen molar-refractivity contribution in [3.05, 3.63) is 29.3 Å². The van der Waals surface area contributed by atoms with Crippen LogP contribution in [0.15, 0.2) is 12.4 Å². The van der Waals surface area contributed by atoms with Gasteiger partial charge in [-0.2, -0.15) is 5.10 Å². The predicted octanol–water partition coefficient (Wildman–Crippen LogP) is 1.79. The minimum atomic E-state index is -0.00986. The zero-order valence-electron chi connectivity index (χ0n) is 12.8. The number of aromatic amines is 1. The molecule has 0 bridgehead atoms. The number of rotatable bonds is 6. The summed E-state index contributed by atoms with van der Waals surface area (Å²) in [4.78, 5) is 0. The van der Waals surface area contributed by atoms with Gasteiger partial charge in [-0.3, -0.25) is 5.10 Å². The molecule has 2 heterocycles. The van der Waals surface area contributed by atoms with Crippen LogP contribution in [0.2, 0.25) is 0 Å². The van der Waals surface area contributed by atoms with Crippen LogP contribution >= 0.6 is 0 Å². The fraction of sp³-hybridized carbons (Fsp3) is 0.643. The highest BCUT2D eigenvalue weighted by molar-refractivity contribution is 5.14. The highest BCUT2D eigenvalue weighted by Gasteiger charge is 2.14. The van der Waals surface area contributed by atoms with Crippen molar-refractivity contribution in [3.8, 4) is 0 Å². The van der Waals surface area contributed by atoms with Gasteiger partial charge in [-0.05, 0) is 52.6 Å². The average molecular weight is 276 g/mol. The molecule has 0 aliphatic carbocycles. The van der Waals surface area contributed by atoms with Crippen molar-refractivity contribution in [1.82, 2.24) is 30.5 Å². The van der Waals surface area contributed by atoms with Gasteiger partial charge < -0.3 is 5.32 Å². The highest BCUT2D eigenvalue weighted by atomic mass is 15.4. The fourth-order valence-corrected chi connectivity index (χ4v) is 1.96. The Bertz CT molecular complexity index is 534. The molecule has 0 spiro atoms. The van der Waals surface area contributed by atoms with Crippen LogP contribution < -0.4 is 5.32 Å². The van der Waals surface area contributed by atoms with Gasteiger partial charge in [0.05, 0.1) is 23.6 Å². The van der Waals surface area contributed by atoms with E-state index in [4.69, 9.17) is 0 Å². The Morgan fingerprint density at radius 1 is 1.35 bits per heavy atom. The first kappa shape index (κ1) is 14.7. The van der Waals surface area contributed by atoms with Crippen LogP contribution in [0.4, 0.5) is 0 Å². The van der Waals surface area contributed by atoms with Crippen LogP contribution in [0.1, 0.15) is 44.1 Å².